The highest BCUT2D eigenvalue weighted by Crippen LogP contribution is 2.13. The summed E-state index contributed by atoms with van der Waals surface area (Å²) in [5.74, 6) is 0.990. The van der Waals surface area contributed by atoms with Gasteiger partial charge < -0.3 is 0 Å². The molecule has 0 fully saturated rings. The molecule has 0 bridgehead atoms. The summed E-state index contributed by atoms with van der Waals surface area (Å²) in [6, 6.07) is 0. The van der Waals surface area contributed by atoms with Crippen LogP contribution in [0.3, 0.4) is 0 Å². The minimum absolute atomic E-state index is 0.984. The number of nitrogens with zero attached hydrogens (tertiary/aromatic N) is 3. The van der Waals surface area contributed by atoms with Crippen LogP contribution in [-0.4, -0.2) is 14.8 Å². The Bertz CT molecular complexity index is 273. The summed E-state index contributed by atoms with van der Waals surface area (Å²) in [5, 5.41) is 4.05. The van der Waals surface area contributed by atoms with Crippen LogP contribution < -0.4 is 0 Å². The Hall–Kier alpha value is -1.12. The highest BCUT2D eigenvalue weighted by atomic mass is 15.3. The molecule has 3 heteroatoms. The van der Waals surface area contributed by atoms with Crippen LogP contribution in [0.25, 0.3) is 6.08 Å². The lowest BCUT2D eigenvalue weighted by Gasteiger charge is -2.09. The van der Waals surface area contributed by atoms with E-state index in [4.69, 9.17) is 0 Å². The van der Waals surface area contributed by atoms with Crippen molar-refractivity contribution in [3.8, 4) is 0 Å². The molecule has 0 atom stereocenters. The van der Waals surface area contributed by atoms with Gasteiger partial charge in [-0.2, -0.15) is 5.10 Å². The third-order valence-corrected chi connectivity index (χ3v) is 1.74. The predicted molar refractivity (Wildman–Crippen MR) is 49.6 cm³/mol. The highest BCUT2D eigenvalue weighted by molar-refractivity contribution is 5.45. The molecule has 2 rings (SSSR count). The summed E-state index contributed by atoms with van der Waals surface area (Å²) in [5.41, 5.74) is 1.39. The number of hydrogen-bond donors (Lipinski definition) is 0. The van der Waals surface area contributed by atoms with Crippen molar-refractivity contribution in [2.45, 2.75) is 33.7 Å². The van der Waals surface area contributed by atoms with Crippen molar-refractivity contribution in [3.63, 3.8) is 0 Å². The molecule has 0 radical (unpaired) electrons. The molecule has 1 aliphatic heterocycles. The molecule has 1 aromatic heterocycles. The van der Waals surface area contributed by atoms with Crippen LogP contribution in [0, 0.1) is 0 Å². The van der Waals surface area contributed by atoms with E-state index in [1.165, 1.54) is 5.57 Å². The second-order valence-electron chi connectivity index (χ2n) is 2.58. The molecule has 3 nitrogen and oxygen atoms in total. The van der Waals surface area contributed by atoms with E-state index in [9.17, 15) is 0 Å². The fourth-order valence-corrected chi connectivity index (χ4v) is 1.13. The topological polar surface area (TPSA) is 30.7 Å². The molecular weight excluding hydrogens is 150 g/mol. The van der Waals surface area contributed by atoms with Crippen LogP contribution in [0.15, 0.2) is 11.9 Å². The van der Waals surface area contributed by atoms with Crippen LogP contribution in [0.4, 0.5) is 0 Å². The van der Waals surface area contributed by atoms with Gasteiger partial charge in [-0.25, -0.2) is 9.67 Å². The molecule has 1 aliphatic rings. The van der Waals surface area contributed by atoms with Crippen molar-refractivity contribution >= 4 is 6.08 Å². The van der Waals surface area contributed by atoms with E-state index in [1.54, 1.807) is 6.33 Å². The first-order chi connectivity index (χ1) is 5.86. The fourth-order valence-electron chi connectivity index (χ4n) is 1.13. The van der Waals surface area contributed by atoms with Crippen LogP contribution in [0.1, 0.15) is 33.0 Å². The Morgan fingerprint density at radius 3 is 2.92 bits per heavy atom. The first-order valence-corrected chi connectivity index (χ1v) is 4.41. The van der Waals surface area contributed by atoms with E-state index < -0.39 is 0 Å². The first kappa shape index (κ1) is 8.97. The van der Waals surface area contributed by atoms with Crippen molar-refractivity contribution < 1.29 is 0 Å². The van der Waals surface area contributed by atoms with Crippen molar-refractivity contribution in [2.75, 3.05) is 0 Å². The van der Waals surface area contributed by atoms with Crippen molar-refractivity contribution in [2.24, 2.45) is 0 Å². The molecule has 0 saturated carbocycles. The average molecular weight is 165 g/mol. The monoisotopic (exact) mass is 165 g/mol. The lowest BCUT2D eigenvalue weighted by atomic mass is 10.1. The molecule has 0 aromatic carbocycles. The van der Waals surface area contributed by atoms with Crippen LogP contribution >= 0.6 is 0 Å². The number of aryl methyl sites for hydroxylation is 1. The number of hydrogen-bond acceptors (Lipinski definition) is 2. The Morgan fingerprint density at radius 1 is 1.42 bits per heavy atom. The Morgan fingerprint density at radius 2 is 2.17 bits per heavy atom. The van der Waals surface area contributed by atoms with E-state index in [0.717, 1.165) is 18.8 Å². The van der Waals surface area contributed by atoms with Gasteiger partial charge in [0.1, 0.15) is 6.33 Å². The maximum atomic E-state index is 4.08. The van der Waals surface area contributed by atoms with Crippen LogP contribution in [0.2, 0.25) is 0 Å². The second kappa shape index (κ2) is 4.04. The normalized spacial score (nSPS) is 14.1. The van der Waals surface area contributed by atoms with Gasteiger partial charge in [0.2, 0.25) is 0 Å². The summed E-state index contributed by atoms with van der Waals surface area (Å²) >= 11 is 0. The Kier molecular flexibility index (Phi) is 3.02. The lowest BCUT2D eigenvalue weighted by molar-refractivity contribution is 0.593. The third kappa shape index (κ3) is 1.72. The first-order valence-electron chi connectivity index (χ1n) is 4.41. The molecule has 0 amide bonds. The van der Waals surface area contributed by atoms with Gasteiger partial charge in [-0.15, -0.1) is 0 Å². The van der Waals surface area contributed by atoms with E-state index in [-0.39, 0.29) is 0 Å². The number of fused-ring (bicyclic) bond motifs is 1. The van der Waals surface area contributed by atoms with Gasteiger partial charge in [0.25, 0.3) is 0 Å². The fraction of sp³-hybridized carbons (Fsp3) is 0.556. The molecule has 12 heavy (non-hydrogen) atoms. The Balaban J connectivity index is 0.000000336. The van der Waals surface area contributed by atoms with E-state index in [1.807, 2.05) is 18.5 Å². The molecule has 2 heterocycles. The molecule has 66 valence electrons. The summed E-state index contributed by atoms with van der Waals surface area (Å²) in [6.45, 7) is 7.11. The lowest BCUT2D eigenvalue weighted by Crippen LogP contribution is -2.07. The summed E-state index contributed by atoms with van der Waals surface area (Å²) in [7, 11) is 0. The average Bonchev–Trinajstić information content (AvgIpc) is 2.54. The predicted octanol–water partition coefficient (Wildman–Crippen LogP) is 2.11. The van der Waals surface area contributed by atoms with Gasteiger partial charge in [-0.1, -0.05) is 19.4 Å². The minimum atomic E-state index is 0.984. The zero-order chi connectivity index (χ0) is 8.97. The molecule has 0 spiro atoms. The summed E-state index contributed by atoms with van der Waals surface area (Å²) in [4.78, 5) is 4.08. The van der Waals surface area contributed by atoms with Gasteiger partial charge >= 0.3 is 0 Å². The quantitative estimate of drug-likeness (QED) is 0.589. The van der Waals surface area contributed by atoms with E-state index in [2.05, 4.69) is 23.1 Å². The zero-order valence-electron chi connectivity index (χ0n) is 7.91. The number of allylic oxidation sites excluding steroid dienone is 1. The van der Waals surface area contributed by atoms with E-state index in [0.29, 0.717) is 0 Å². The van der Waals surface area contributed by atoms with Crippen LogP contribution in [-0.2, 0) is 6.54 Å². The van der Waals surface area contributed by atoms with Gasteiger partial charge in [0.15, 0.2) is 5.82 Å². The molecule has 0 aliphatic carbocycles. The Labute approximate surface area is 73.1 Å². The van der Waals surface area contributed by atoms with E-state index >= 15 is 0 Å². The maximum absolute atomic E-state index is 4.08. The van der Waals surface area contributed by atoms with Gasteiger partial charge in [-0.05, 0) is 19.4 Å². The second-order valence-corrected chi connectivity index (χ2v) is 2.58. The smallest absolute Gasteiger partial charge is 0.150 e. The van der Waals surface area contributed by atoms with Crippen molar-refractivity contribution in [1.29, 1.82) is 0 Å². The number of aromatic nitrogens is 3. The zero-order valence-corrected chi connectivity index (χ0v) is 7.91. The molecule has 1 aromatic rings. The highest BCUT2D eigenvalue weighted by Gasteiger charge is 2.06. The molecule has 0 saturated heterocycles. The summed E-state index contributed by atoms with van der Waals surface area (Å²) < 4.78 is 1.92. The summed E-state index contributed by atoms with van der Waals surface area (Å²) in [6.07, 6.45) is 4.79. The largest absolute Gasteiger partial charge is 0.246 e. The van der Waals surface area contributed by atoms with Gasteiger partial charge in [0.05, 0.1) is 0 Å². The van der Waals surface area contributed by atoms with Gasteiger partial charge in [-0.3, -0.25) is 0 Å². The van der Waals surface area contributed by atoms with Crippen LogP contribution in [0.5, 0.6) is 0 Å². The number of rotatable bonds is 0. The minimum Gasteiger partial charge on any atom is -0.246 e. The maximum Gasteiger partial charge on any atom is 0.150 e. The molecular formula is C9H15N3. The molecule has 0 N–H and O–H groups in total. The van der Waals surface area contributed by atoms with Crippen molar-refractivity contribution in [3.05, 3.63) is 17.7 Å². The van der Waals surface area contributed by atoms with Gasteiger partial charge in [0, 0.05) is 6.54 Å². The van der Waals surface area contributed by atoms with Crippen molar-refractivity contribution in [1.82, 2.24) is 14.8 Å². The standard InChI is InChI=1S/C7H9N3.C2H6/c1-6-2-3-10-7(4-6)8-5-9-10;1-2/h4-5H,2-3H2,1H3;1-2H3. The molecule has 0 unspecified atom stereocenters. The SMILES string of the molecule is CC.CC1=Cc2ncnn2CC1. The third-order valence-electron chi connectivity index (χ3n) is 1.74.